The first-order valence-corrected chi connectivity index (χ1v) is 8.71. The van der Waals surface area contributed by atoms with Crippen LogP contribution in [-0.4, -0.2) is 16.8 Å². The van der Waals surface area contributed by atoms with Crippen molar-refractivity contribution in [2.24, 2.45) is 0 Å². The van der Waals surface area contributed by atoms with E-state index in [0.717, 1.165) is 11.0 Å². The quantitative estimate of drug-likeness (QED) is 0.395. The third-order valence-corrected chi connectivity index (χ3v) is 4.68. The van der Waals surface area contributed by atoms with Gasteiger partial charge in [-0.3, -0.25) is 14.5 Å². The first-order valence-electron chi connectivity index (χ1n) is 8.33. The minimum atomic E-state index is -1.05. The number of ketones is 1. The number of hydrogen-bond acceptors (Lipinski definition) is 4. The minimum Gasteiger partial charge on any atom is -0.507 e. The lowest BCUT2D eigenvalue weighted by Crippen LogP contribution is -2.29. The van der Waals surface area contributed by atoms with Gasteiger partial charge in [-0.2, -0.15) is 0 Å². The molecular weight excluding hydrogens is 385 g/mol. The summed E-state index contributed by atoms with van der Waals surface area (Å²) in [5.74, 6) is -2.49. The standard InChI is InChI=1S/C21H13ClFNO4/c22-13-5-1-4-12(10-13)19(25)17-18(16-8-3-9-28-16)24(21(27)20(17)26)15-7-2-6-14(23)11-15/h1-11,18,25H/b19-17-. The lowest BCUT2D eigenvalue weighted by atomic mass is 9.99. The second-order valence-electron chi connectivity index (χ2n) is 6.17. The first kappa shape index (κ1) is 18.0. The molecule has 1 aliphatic heterocycles. The van der Waals surface area contributed by atoms with E-state index in [9.17, 15) is 19.1 Å². The fourth-order valence-electron chi connectivity index (χ4n) is 3.23. The Balaban J connectivity index is 1.94. The fourth-order valence-corrected chi connectivity index (χ4v) is 3.42. The Kier molecular flexibility index (Phi) is 4.49. The van der Waals surface area contributed by atoms with Crippen molar-refractivity contribution in [1.29, 1.82) is 0 Å². The molecule has 1 unspecified atom stereocenters. The molecule has 1 atom stereocenters. The highest BCUT2D eigenvalue weighted by Gasteiger charge is 2.48. The summed E-state index contributed by atoms with van der Waals surface area (Å²) in [5, 5.41) is 11.2. The Morgan fingerprint density at radius 2 is 1.86 bits per heavy atom. The molecule has 2 heterocycles. The Hall–Kier alpha value is -3.38. The van der Waals surface area contributed by atoms with Gasteiger partial charge in [0, 0.05) is 16.3 Å². The molecule has 28 heavy (non-hydrogen) atoms. The topological polar surface area (TPSA) is 70.8 Å². The van der Waals surface area contributed by atoms with Gasteiger partial charge in [-0.05, 0) is 42.5 Å². The zero-order valence-corrected chi connectivity index (χ0v) is 15.1. The van der Waals surface area contributed by atoms with E-state index in [1.807, 2.05) is 0 Å². The summed E-state index contributed by atoms with van der Waals surface area (Å²) in [6.45, 7) is 0. The normalized spacial score (nSPS) is 18.6. The van der Waals surface area contributed by atoms with Crippen LogP contribution in [0.1, 0.15) is 17.4 Å². The second kappa shape index (κ2) is 6.98. The van der Waals surface area contributed by atoms with Crippen LogP contribution >= 0.6 is 11.6 Å². The van der Waals surface area contributed by atoms with Gasteiger partial charge in [0.15, 0.2) is 0 Å². The Morgan fingerprint density at radius 3 is 2.54 bits per heavy atom. The molecule has 1 saturated heterocycles. The van der Waals surface area contributed by atoms with E-state index in [2.05, 4.69) is 0 Å². The molecule has 0 aliphatic carbocycles. The molecule has 1 amide bonds. The zero-order valence-electron chi connectivity index (χ0n) is 14.3. The number of halogens is 2. The molecule has 140 valence electrons. The van der Waals surface area contributed by atoms with Crippen LogP contribution in [0, 0.1) is 5.82 Å². The van der Waals surface area contributed by atoms with Crippen LogP contribution in [0.3, 0.4) is 0 Å². The van der Waals surface area contributed by atoms with Crippen LogP contribution in [0.2, 0.25) is 5.02 Å². The SMILES string of the molecule is O=C1C(=O)N(c2cccc(F)c2)C(c2ccco2)/C1=C(/O)c1cccc(Cl)c1. The highest BCUT2D eigenvalue weighted by Crippen LogP contribution is 2.42. The number of amides is 1. The number of benzene rings is 2. The molecule has 0 radical (unpaired) electrons. The number of carbonyl (C=O) groups excluding carboxylic acids is 2. The zero-order chi connectivity index (χ0) is 19.8. The number of carbonyl (C=O) groups is 2. The van der Waals surface area contributed by atoms with Gasteiger partial charge < -0.3 is 9.52 Å². The smallest absolute Gasteiger partial charge is 0.300 e. The lowest BCUT2D eigenvalue weighted by molar-refractivity contribution is -0.132. The molecule has 3 aromatic rings. The maximum atomic E-state index is 13.8. The summed E-state index contributed by atoms with van der Waals surface area (Å²) in [6, 6.07) is 13.7. The second-order valence-corrected chi connectivity index (χ2v) is 6.61. The Labute approximate surface area is 164 Å². The summed E-state index contributed by atoms with van der Waals surface area (Å²) < 4.78 is 19.2. The molecule has 4 rings (SSSR count). The number of Topliss-reactive ketones (excluding diaryl/α,β-unsaturated/α-hetero) is 1. The monoisotopic (exact) mass is 397 g/mol. The molecule has 7 heteroatoms. The van der Waals surface area contributed by atoms with Crippen LogP contribution in [0.4, 0.5) is 10.1 Å². The Bertz CT molecular complexity index is 1110. The Morgan fingerprint density at radius 1 is 1.07 bits per heavy atom. The number of aliphatic hydroxyl groups is 1. The van der Waals surface area contributed by atoms with Gasteiger partial charge in [0.1, 0.15) is 23.4 Å². The largest absolute Gasteiger partial charge is 0.507 e. The average Bonchev–Trinajstić information content (AvgIpc) is 3.28. The number of nitrogens with zero attached hydrogens (tertiary/aromatic N) is 1. The number of hydrogen-bond donors (Lipinski definition) is 1. The van der Waals surface area contributed by atoms with Crippen LogP contribution < -0.4 is 4.90 Å². The van der Waals surface area contributed by atoms with Gasteiger partial charge in [0.25, 0.3) is 11.7 Å². The van der Waals surface area contributed by atoms with Gasteiger partial charge in [-0.15, -0.1) is 0 Å². The maximum Gasteiger partial charge on any atom is 0.300 e. The number of furan rings is 1. The van der Waals surface area contributed by atoms with Crippen LogP contribution in [0.5, 0.6) is 0 Å². The van der Waals surface area contributed by atoms with Gasteiger partial charge in [0.2, 0.25) is 0 Å². The molecule has 1 fully saturated rings. The van der Waals surface area contributed by atoms with Crippen molar-refractivity contribution in [2.75, 3.05) is 4.90 Å². The molecule has 0 bridgehead atoms. The minimum absolute atomic E-state index is 0.161. The molecule has 2 aromatic carbocycles. The van der Waals surface area contributed by atoms with E-state index < -0.39 is 23.5 Å². The summed E-state index contributed by atoms with van der Waals surface area (Å²) in [7, 11) is 0. The summed E-state index contributed by atoms with van der Waals surface area (Å²) >= 11 is 5.98. The molecule has 0 spiro atoms. The molecule has 1 aromatic heterocycles. The van der Waals surface area contributed by atoms with Crippen molar-refractivity contribution in [3.05, 3.63) is 94.7 Å². The average molecular weight is 398 g/mol. The summed E-state index contributed by atoms with van der Waals surface area (Å²) in [4.78, 5) is 26.7. The van der Waals surface area contributed by atoms with Gasteiger partial charge in [-0.25, -0.2) is 4.39 Å². The van der Waals surface area contributed by atoms with Crippen LogP contribution in [0.25, 0.3) is 5.76 Å². The van der Waals surface area contributed by atoms with Gasteiger partial charge in [-0.1, -0.05) is 29.8 Å². The van der Waals surface area contributed by atoms with Crippen molar-refractivity contribution < 1.29 is 23.5 Å². The van der Waals surface area contributed by atoms with E-state index in [1.165, 1.54) is 30.5 Å². The highest BCUT2D eigenvalue weighted by molar-refractivity contribution is 6.51. The van der Waals surface area contributed by atoms with E-state index in [4.69, 9.17) is 16.0 Å². The molecule has 1 aliphatic rings. The van der Waals surface area contributed by atoms with Crippen molar-refractivity contribution in [1.82, 2.24) is 0 Å². The number of rotatable bonds is 3. The first-order chi connectivity index (χ1) is 13.5. The van der Waals surface area contributed by atoms with Crippen LogP contribution in [0.15, 0.2) is 76.9 Å². The van der Waals surface area contributed by atoms with Crippen molar-refractivity contribution in [2.45, 2.75) is 6.04 Å². The molecule has 5 nitrogen and oxygen atoms in total. The summed E-state index contributed by atoms with van der Waals surface area (Å²) in [5.41, 5.74) is 0.293. The third-order valence-electron chi connectivity index (χ3n) is 4.44. The van der Waals surface area contributed by atoms with Crippen molar-refractivity contribution in [3.63, 3.8) is 0 Å². The lowest BCUT2D eigenvalue weighted by Gasteiger charge is -2.23. The predicted molar refractivity (Wildman–Crippen MR) is 101 cm³/mol. The van der Waals surface area contributed by atoms with Gasteiger partial charge >= 0.3 is 0 Å². The van der Waals surface area contributed by atoms with Crippen molar-refractivity contribution >= 4 is 34.7 Å². The van der Waals surface area contributed by atoms with Crippen molar-refractivity contribution in [3.8, 4) is 0 Å². The molecule has 0 saturated carbocycles. The van der Waals surface area contributed by atoms with E-state index in [-0.39, 0.29) is 28.3 Å². The summed E-state index contributed by atoms with van der Waals surface area (Å²) in [6.07, 6.45) is 1.39. The number of anilines is 1. The maximum absolute atomic E-state index is 13.8. The molecular formula is C21H13ClFNO4. The fraction of sp³-hybridized carbons (Fsp3) is 0.0476. The van der Waals surface area contributed by atoms with Gasteiger partial charge in [0.05, 0.1) is 11.8 Å². The van der Waals surface area contributed by atoms with E-state index in [1.54, 1.807) is 30.3 Å². The number of aliphatic hydroxyl groups excluding tert-OH is 1. The highest BCUT2D eigenvalue weighted by atomic mass is 35.5. The molecule has 1 N–H and O–H groups in total. The van der Waals surface area contributed by atoms with E-state index in [0.29, 0.717) is 5.02 Å². The van der Waals surface area contributed by atoms with E-state index >= 15 is 0 Å². The predicted octanol–water partition coefficient (Wildman–Crippen LogP) is 4.70. The third kappa shape index (κ3) is 2.97. The van der Waals surface area contributed by atoms with Crippen LogP contribution in [-0.2, 0) is 9.59 Å².